The zero-order valence-corrected chi connectivity index (χ0v) is 5.30. The second-order valence-corrected chi connectivity index (χ2v) is 2.58. The number of rotatable bonds is 0. The molecule has 2 heterocycles. The minimum absolute atomic E-state index is 0.554. The average molecular weight is 140 g/mol. The van der Waals surface area contributed by atoms with Crippen LogP contribution in [-0.4, -0.2) is 14.6 Å². The molecule has 2 aromatic heterocycles. The second kappa shape index (κ2) is 1.44. The molecule has 46 valence electrons. The predicted octanol–water partition coefficient (Wildman–Crippen LogP) is 0.373. The molecule has 0 bridgehead atoms. The predicted molar refractivity (Wildman–Crippen MR) is 35.3 cm³/mol. The summed E-state index contributed by atoms with van der Waals surface area (Å²) in [6, 6.07) is 0. The van der Waals surface area contributed by atoms with Crippen molar-refractivity contribution in [3.8, 4) is 0 Å². The maximum Gasteiger partial charge on any atom is 0.213 e. The summed E-state index contributed by atoms with van der Waals surface area (Å²) in [5.74, 6) is 0. The van der Waals surface area contributed by atoms with E-state index >= 15 is 0 Å². The zero-order valence-electron chi connectivity index (χ0n) is 4.48. The van der Waals surface area contributed by atoms with Gasteiger partial charge in [0, 0.05) is 6.20 Å². The Labute approximate surface area is 54.9 Å². The second-order valence-electron chi connectivity index (χ2n) is 1.59. The van der Waals surface area contributed by atoms with Crippen molar-refractivity contribution < 1.29 is 0 Å². The van der Waals surface area contributed by atoms with Gasteiger partial charge in [-0.05, 0) is 0 Å². The van der Waals surface area contributed by atoms with Crippen molar-refractivity contribution >= 4 is 21.4 Å². The first kappa shape index (κ1) is 4.75. The SMILES string of the molecule is Nc1nn2ccnc2s1. The van der Waals surface area contributed by atoms with E-state index in [0.29, 0.717) is 5.13 Å². The largest absolute Gasteiger partial charge is 0.374 e. The Morgan fingerprint density at radius 2 is 2.56 bits per heavy atom. The topological polar surface area (TPSA) is 56.2 Å². The van der Waals surface area contributed by atoms with Gasteiger partial charge >= 0.3 is 0 Å². The fourth-order valence-electron chi connectivity index (χ4n) is 0.653. The monoisotopic (exact) mass is 140 g/mol. The van der Waals surface area contributed by atoms with Crippen molar-refractivity contribution in [2.45, 2.75) is 0 Å². The van der Waals surface area contributed by atoms with E-state index in [1.54, 1.807) is 16.9 Å². The van der Waals surface area contributed by atoms with Crippen LogP contribution in [0.4, 0.5) is 5.13 Å². The van der Waals surface area contributed by atoms with Gasteiger partial charge in [-0.3, -0.25) is 0 Å². The highest BCUT2D eigenvalue weighted by atomic mass is 32.1. The lowest BCUT2D eigenvalue weighted by Crippen LogP contribution is -1.84. The molecule has 0 atom stereocenters. The highest BCUT2D eigenvalue weighted by Gasteiger charge is 1.97. The van der Waals surface area contributed by atoms with E-state index in [2.05, 4.69) is 10.1 Å². The van der Waals surface area contributed by atoms with Gasteiger partial charge in [0.05, 0.1) is 6.20 Å². The van der Waals surface area contributed by atoms with Crippen LogP contribution in [0.3, 0.4) is 0 Å². The van der Waals surface area contributed by atoms with E-state index in [4.69, 9.17) is 5.73 Å². The van der Waals surface area contributed by atoms with Crippen molar-refractivity contribution in [2.75, 3.05) is 5.73 Å². The first-order chi connectivity index (χ1) is 4.36. The van der Waals surface area contributed by atoms with Crippen LogP contribution in [0.5, 0.6) is 0 Å². The van der Waals surface area contributed by atoms with Gasteiger partial charge in [0.2, 0.25) is 10.1 Å². The molecule has 0 fully saturated rings. The molecule has 2 aromatic rings. The minimum Gasteiger partial charge on any atom is -0.374 e. The standard InChI is InChI=1S/C4H4N4S/c5-3-7-8-2-1-6-4(8)9-3/h1-2H,(H2,5,7). The average Bonchev–Trinajstić information content (AvgIpc) is 2.22. The molecule has 0 aliphatic rings. The smallest absolute Gasteiger partial charge is 0.213 e. The van der Waals surface area contributed by atoms with Crippen LogP contribution >= 0.6 is 11.3 Å². The third-order valence-electron chi connectivity index (χ3n) is 0.991. The van der Waals surface area contributed by atoms with Crippen molar-refractivity contribution in [3.63, 3.8) is 0 Å². The molecule has 0 radical (unpaired) electrons. The molecule has 0 spiro atoms. The van der Waals surface area contributed by atoms with Crippen molar-refractivity contribution in [2.24, 2.45) is 0 Å². The molecular formula is C4H4N4S. The van der Waals surface area contributed by atoms with E-state index in [1.165, 1.54) is 11.3 Å². The molecule has 5 heteroatoms. The molecule has 0 aliphatic heterocycles. The number of hydrogen-bond donors (Lipinski definition) is 1. The normalized spacial score (nSPS) is 10.7. The molecule has 0 saturated heterocycles. The number of nitrogens with two attached hydrogens (primary N) is 1. The number of hydrogen-bond acceptors (Lipinski definition) is 4. The summed E-state index contributed by atoms with van der Waals surface area (Å²) >= 11 is 1.38. The Kier molecular flexibility index (Phi) is 0.762. The van der Waals surface area contributed by atoms with Gasteiger partial charge in [-0.25, -0.2) is 9.50 Å². The Balaban J connectivity index is 2.92. The maximum absolute atomic E-state index is 5.38. The summed E-state index contributed by atoms with van der Waals surface area (Å²) in [6.45, 7) is 0. The van der Waals surface area contributed by atoms with Crippen LogP contribution in [0.2, 0.25) is 0 Å². The van der Waals surface area contributed by atoms with Crippen LogP contribution < -0.4 is 5.73 Å². The number of anilines is 1. The molecule has 0 aromatic carbocycles. The fourth-order valence-corrected chi connectivity index (χ4v) is 1.28. The molecule has 4 nitrogen and oxygen atoms in total. The molecule has 2 rings (SSSR count). The number of fused-ring (bicyclic) bond motifs is 1. The molecule has 0 unspecified atom stereocenters. The van der Waals surface area contributed by atoms with Gasteiger partial charge < -0.3 is 5.73 Å². The maximum atomic E-state index is 5.38. The van der Waals surface area contributed by atoms with E-state index in [9.17, 15) is 0 Å². The van der Waals surface area contributed by atoms with Gasteiger partial charge in [0.15, 0.2) is 0 Å². The number of imidazole rings is 1. The van der Waals surface area contributed by atoms with Crippen molar-refractivity contribution in [1.82, 2.24) is 14.6 Å². The van der Waals surface area contributed by atoms with E-state index in [0.717, 1.165) is 4.96 Å². The van der Waals surface area contributed by atoms with Crippen molar-refractivity contribution in [1.29, 1.82) is 0 Å². The summed E-state index contributed by atoms with van der Waals surface area (Å²) < 4.78 is 1.65. The molecule has 2 N–H and O–H groups in total. The first-order valence-corrected chi connectivity index (χ1v) is 3.23. The van der Waals surface area contributed by atoms with Gasteiger partial charge in [-0.15, -0.1) is 5.10 Å². The minimum atomic E-state index is 0.554. The van der Waals surface area contributed by atoms with Crippen LogP contribution in [0.1, 0.15) is 0 Å². The molecule has 0 aliphatic carbocycles. The lowest BCUT2D eigenvalue weighted by atomic mass is 11.0. The highest BCUT2D eigenvalue weighted by molar-refractivity contribution is 7.20. The highest BCUT2D eigenvalue weighted by Crippen LogP contribution is 2.12. The van der Waals surface area contributed by atoms with Gasteiger partial charge in [0.25, 0.3) is 0 Å². The van der Waals surface area contributed by atoms with Gasteiger partial charge in [-0.2, -0.15) is 0 Å². The lowest BCUT2D eigenvalue weighted by Gasteiger charge is -1.72. The lowest BCUT2D eigenvalue weighted by molar-refractivity contribution is 0.980. The Hall–Kier alpha value is -1.10. The molecular weight excluding hydrogens is 136 g/mol. The quantitative estimate of drug-likeness (QED) is 0.575. The van der Waals surface area contributed by atoms with Crippen molar-refractivity contribution in [3.05, 3.63) is 12.4 Å². The summed E-state index contributed by atoms with van der Waals surface area (Å²) in [5.41, 5.74) is 5.38. The third-order valence-corrected chi connectivity index (χ3v) is 1.76. The van der Waals surface area contributed by atoms with Crippen LogP contribution in [0.25, 0.3) is 4.96 Å². The summed E-state index contributed by atoms with van der Waals surface area (Å²) in [5, 5.41) is 4.48. The Morgan fingerprint density at radius 1 is 1.67 bits per heavy atom. The first-order valence-electron chi connectivity index (χ1n) is 2.42. The molecule has 0 saturated carbocycles. The number of nitrogens with zero attached hydrogens (tertiary/aromatic N) is 3. The van der Waals surface area contributed by atoms with E-state index in [-0.39, 0.29) is 0 Å². The molecule has 0 amide bonds. The molecule has 9 heavy (non-hydrogen) atoms. The van der Waals surface area contributed by atoms with Crippen LogP contribution in [0.15, 0.2) is 12.4 Å². The number of nitrogen functional groups attached to an aromatic ring is 1. The zero-order chi connectivity index (χ0) is 6.27. The van der Waals surface area contributed by atoms with Gasteiger partial charge in [-0.1, -0.05) is 11.3 Å². The summed E-state index contributed by atoms with van der Waals surface area (Å²) in [7, 11) is 0. The Bertz CT molecular complexity index is 293. The van der Waals surface area contributed by atoms with Crippen LogP contribution in [-0.2, 0) is 0 Å². The summed E-state index contributed by atoms with van der Waals surface area (Å²) in [4.78, 5) is 4.82. The van der Waals surface area contributed by atoms with Gasteiger partial charge in [0.1, 0.15) is 0 Å². The third kappa shape index (κ3) is 0.580. The Morgan fingerprint density at radius 3 is 3.33 bits per heavy atom. The van der Waals surface area contributed by atoms with E-state index < -0.39 is 0 Å². The van der Waals surface area contributed by atoms with Crippen LogP contribution in [0, 0.1) is 0 Å². The van der Waals surface area contributed by atoms with E-state index in [1.807, 2.05) is 0 Å². The number of aromatic nitrogens is 3. The summed E-state index contributed by atoms with van der Waals surface area (Å²) in [6.07, 6.45) is 3.46. The fraction of sp³-hybridized carbons (Fsp3) is 0.